The fourth-order valence-electron chi connectivity index (χ4n) is 7.61. The van der Waals surface area contributed by atoms with Gasteiger partial charge in [-0.2, -0.15) is 0 Å². The monoisotopic (exact) mass is 599 g/mol. The van der Waals surface area contributed by atoms with Crippen LogP contribution in [0.2, 0.25) is 0 Å². The third-order valence-corrected chi connectivity index (χ3v) is 9.67. The van der Waals surface area contributed by atoms with E-state index in [2.05, 4.69) is 190 Å². The molecular formula is C44H29N3. The average Bonchev–Trinajstić information content (AvgIpc) is 3.82. The van der Waals surface area contributed by atoms with E-state index >= 15 is 0 Å². The molecule has 7 aromatic carbocycles. The van der Waals surface area contributed by atoms with Crippen molar-refractivity contribution in [2.75, 3.05) is 0 Å². The maximum atomic E-state index is 2.43. The van der Waals surface area contributed by atoms with Crippen molar-refractivity contribution in [3.8, 4) is 28.2 Å². The molecule has 0 atom stereocenters. The van der Waals surface area contributed by atoms with Gasteiger partial charge in [-0.3, -0.25) is 0 Å². The van der Waals surface area contributed by atoms with Crippen molar-refractivity contribution < 1.29 is 0 Å². The van der Waals surface area contributed by atoms with Gasteiger partial charge in [-0.05, 0) is 83.9 Å². The van der Waals surface area contributed by atoms with Crippen LogP contribution in [-0.2, 0) is 0 Å². The molecule has 220 valence electrons. The predicted molar refractivity (Wildman–Crippen MR) is 197 cm³/mol. The molecule has 0 saturated heterocycles. The van der Waals surface area contributed by atoms with Gasteiger partial charge in [0.15, 0.2) is 0 Å². The van der Waals surface area contributed by atoms with Crippen LogP contribution in [0.15, 0.2) is 176 Å². The van der Waals surface area contributed by atoms with Crippen LogP contribution < -0.4 is 0 Å². The van der Waals surface area contributed by atoms with Gasteiger partial charge >= 0.3 is 0 Å². The fourth-order valence-corrected chi connectivity index (χ4v) is 7.61. The first-order chi connectivity index (χ1) is 23.3. The van der Waals surface area contributed by atoms with Crippen molar-refractivity contribution >= 4 is 54.5 Å². The first-order valence-corrected chi connectivity index (χ1v) is 16.1. The third kappa shape index (κ3) is 3.87. The SMILES string of the molecule is c1ccc(-c2ccc3c(c2)c2ccccc2n3-c2cccc(-n3c4ccccc4c4c5ccn(-c6ccccc6)c5ccc43)c2)cc1. The Hall–Kier alpha value is -6.32. The molecule has 10 aromatic rings. The van der Waals surface area contributed by atoms with Crippen LogP contribution in [0.5, 0.6) is 0 Å². The molecule has 0 aliphatic rings. The summed E-state index contributed by atoms with van der Waals surface area (Å²) in [6, 6.07) is 61.4. The molecule has 3 heterocycles. The summed E-state index contributed by atoms with van der Waals surface area (Å²) in [5.74, 6) is 0. The van der Waals surface area contributed by atoms with Gasteiger partial charge in [0.2, 0.25) is 0 Å². The van der Waals surface area contributed by atoms with E-state index in [0.29, 0.717) is 0 Å². The molecule has 0 bridgehead atoms. The molecule has 10 rings (SSSR count). The highest BCUT2D eigenvalue weighted by molar-refractivity contribution is 6.21. The highest BCUT2D eigenvalue weighted by Crippen LogP contribution is 2.39. The van der Waals surface area contributed by atoms with Gasteiger partial charge in [0.1, 0.15) is 0 Å². The quantitative estimate of drug-likeness (QED) is 0.191. The summed E-state index contributed by atoms with van der Waals surface area (Å²) in [5.41, 5.74) is 11.9. The van der Waals surface area contributed by atoms with Gasteiger partial charge < -0.3 is 13.7 Å². The van der Waals surface area contributed by atoms with E-state index in [4.69, 9.17) is 0 Å². The smallest absolute Gasteiger partial charge is 0.0548 e. The average molecular weight is 600 g/mol. The summed E-state index contributed by atoms with van der Waals surface area (Å²) in [4.78, 5) is 0. The summed E-state index contributed by atoms with van der Waals surface area (Å²) in [6.45, 7) is 0. The van der Waals surface area contributed by atoms with Crippen molar-refractivity contribution in [3.05, 3.63) is 176 Å². The molecule has 3 aromatic heterocycles. The van der Waals surface area contributed by atoms with Gasteiger partial charge in [0.25, 0.3) is 0 Å². The minimum Gasteiger partial charge on any atom is -0.317 e. The Morgan fingerprint density at radius 3 is 1.64 bits per heavy atom. The van der Waals surface area contributed by atoms with E-state index in [1.54, 1.807) is 0 Å². The molecule has 0 fully saturated rings. The molecule has 0 aliphatic heterocycles. The first-order valence-electron chi connectivity index (χ1n) is 16.1. The van der Waals surface area contributed by atoms with E-state index in [1.165, 1.54) is 71.3 Å². The lowest BCUT2D eigenvalue weighted by Gasteiger charge is -2.13. The number of hydrogen-bond donors (Lipinski definition) is 0. The maximum Gasteiger partial charge on any atom is 0.0548 e. The Morgan fingerprint density at radius 2 is 0.851 bits per heavy atom. The second kappa shape index (κ2) is 10.1. The molecule has 0 unspecified atom stereocenters. The summed E-state index contributed by atoms with van der Waals surface area (Å²) < 4.78 is 7.12. The van der Waals surface area contributed by atoms with Gasteiger partial charge in [0.05, 0.1) is 27.6 Å². The minimum absolute atomic E-state index is 1.14. The van der Waals surface area contributed by atoms with Crippen LogP contribution in [0.4, 0.5) is 0 Å². The Bertz CT molecular complexity index is 2780. The van der Waals surface area contributed by atoms with E-state index in [-0.39, 0.29) is 0 Å². The Balaban J connectivity index is 1.20. The topological polar surface area (TPSA) is 14.8 Å². The van der Waals surface area contributed by atoms with Crippen molar-refractivity contribution in [3.63, 3.8) is 0 Å². The normalized spacial score (nSPS) is 11.8. The van der Waals surface area contributed by atoms with Crippen LogP contribution in [0.3, 0.4) is 0 Å². The molecule has 0 saturated carbocycles. The van der Waals surface area contributed by atoms with Crippen LogP contribution in [0.1, 0.15) is 0 Å². The number of rotatable bonds is 4. The Labute approximate surface area is 271 Å². The highest BCUT2D eigenvalue weighted by Gasteiger charge is 2.18. The minimum atomic E-state index is 1.14. The summed E-state index contributed by atoms with van der Waals surface area (Å²) in [6.07, 6.45) is 2.19. The fraction of sp³-hybridized carbons (Fsp3) is 0. The van der Waals surface area contributed by atoms with Gasteiger partial charge in [-0.15, -0.1) is 0 Å². The molecule has 0 N–H and O–H groups in total. The van der Waals surface area contributed by atoms with Gasteiger partial charge in [-0.25, -0.2) is 0 Å². The van der Waals surface area contributed by atoms with Gasteiger partial charge in [0, 0.05) is 50.2 Å². The first kappa shape index (κ1) is 26.0. The molecule has 3 nitrogen and oxygen atoms in total. The van der Waals surface area contributed by atoms with Crippen LogP contribution in [0, 0.1) is 0 Å². The molecule has 0 spiro atoms. The van der Waals surface area contributed by atoms with Crippen molar-refractivity contribution in [2.45, 2.75) is 0 Å². The number of aromatic nitrogens is 3. The predicted octanol–water partition coefficient (Wildman–Crippen LogP) is 11.5. The Morgan fingerprint density at radius 1 is 0.298 bits per heavy atom. The van der Waals surface area contributed by atoms with E-state index in [1.807, 2.05) is 0 Å². The highest BCUT2D eigenvalue weighted by atomic mass is 15.0. The second-order valence-corrected chi connectivity index (χ2v) is 12.2. The zero-order valence-corrected chi connectivity index (χ0v) is 25.6. The Kier molecular flexibility index (Phi) is 5.57. The summed E-state index contributed by atoms with van der Waals surface area (Å²) >= 11 is 0. The number of benzene rings is 7. The summed E-state index contributed by atoms with van der Waals surface area (Å²) in [7, 11) is 0. The standard InChI is InChI=1S/C44H29N3/c1-3-12-30(13-4-1)31-22-23-42-38(28-31)35-18-7-9-20-40(35)46(42)33-16-11-17-34(29-33)47-41-21-10-8-19-36(41)44-37-26-27-45(32-14-5-2-6-15-32)39(37)24-25-43(44)47/h1-29H. The molecular weight excluding hydrogens is 571 g/mol. The van der Waals surface area contributed by atoms with E-state index < -0.39 is 0 Å². The molecule has 0 aliphatic carbocycles. The second-order valence-electron chi connectivity index (χ2n) is 12.2. The number of nitrogens with zero attached hydrogens (tertiary/aromatic N) is 3. The lowest BCUT2D eigenvalue weighted by molar-refractivity contribution is 1.12. The molecule has 3 heteroatoms. The van der Waals surface area contributed by atoms with Crippen LogP contribution >= 0.6 is 0 Å². The lowest BCUT2D eigenvalue weighted by atomic mass is 10.0. The molecule has 0 radical (unpaired) electrons. The van der Waals surface area contributed by atoms with E-state index in [0.717, 1.165) is 11.4 Å². The van der Waals surface area contributed by atoms with Crippen molar-refractivity contribution in [1.82, 2.24) is 13.7 Å². The number of para-hydroxylation sites is 3. The largest absolute Gasteiger partial charge is 0.317 e. The molecule has 47 heavy (non-hydrogen) atoms. The zero-order chi connectivity index (χ0) is 30.9. The maximum absolute atomic E-state index is 2.43. The van der Waals surface area contributed by atoms with Crippen molar-refractivity contribution in [2.24, 2.45) is 0 Å². The van der Waals surface area contributed by atoms with E-state index in [9.17, 15) is 0 Å². The number of hydrogen-bond acceptors (Lipinski definition) is 0. The van der Waals surface area contributed by atoms with Crippen LogP contribution in [-0.4, -0.2) is 13.7 Å². The number of fused-ring (bicyclic) bond motifs is 8. The van der Waals surface area contributed by atoms with Gasteiger partial charge in [-0.1, -0.05) is 97.1 Å². The lowest BCUT2D eigenvalue weighted by Crippen LogP contribution is -1.98. The van der Waals surface area contributed by atoms with Crippen molar-refractivity contribution in [1.29, 1.82) is 0 Å². The van der Waals surface area contributed by atoms with Crippen LogP contribution in [0.25, 0.3) is 82.7 Å². The third-order valence-electron chi connectivity index (χ3n) is 9.67. The zero-order valence-electron chi connectivity index (χ0n) is 25.6. The summed E-state index contributed by atoms with van der Waals surface area (Å²) in [5, 5.41) is 6.31. The molecule has 0 amide bonds.